The number of unbranched alkanes of at least 4 members (excludes halogenated alkanes) is 2. The summed E-state index contributed by atoms with van der Waals surface area (Å²) in [5.74, 6) is -2.56. The van der Waals surface area contributed by atoms with Crippen LogP contribution in [-0.4, -0.2) is 34.0 Å². The number of aromatic nitrogens is 2. The molecule has 0 aromatic carbocycles. The molecule has 1 fully saturated rings. The first-order valence-corrected chi connectivity index (χ1v) is 8.26. The van der Waals surface area contributed by atoms with E-state index in [1.54, 1.807) is 6.20 Å². The predicted molar refractivity (Wildman–Crippen MR) is 87.0 cm³/mol. The van der Waals surface area contributed by atoms with Gasteiger partial charge in [-0.25, -0.2) is 8.78 Å². The van der Waals surface area contributed by atoms with Crippen LogP contribution in [0.25, 0.3) is 0 Å². The van der Waals surface area contributed by atoms with E-state index in [0.717, 1.165) is 31.8 Å². The number of aryl methyl sites for hydroxylation is 1. The topological polar surface area (TPSA) is 36.3 Å². The highest BCUT2D eigenvalue weighted by Gasteiger charge is 2.52. The molecule has 2 heterocycles. The molecule has 0 N–H and O–H groups in total. The van der Waals surface area contributed by atoms with Crippen LogP contribution >= 0.6 is 0 Å². The quantitative estimate of drug-likeness (QED) is 0.569. The van der Waals surface area contributed by atoms with Crippen LogP contribution in [-0.2, 0) is 15.9 Å². The summed E-state index contributed by atoms with van der Waals surface area (Å²) in [5, 5.41) is 4.31. The average Bonchev–Trinajstić information content (AvgIpc) is 2.91. The molecule has 4 nitrogen and oxygen atoms in total. The van der Waals surface area contributed by atoms with Gasteiger partial charge in [-0.05, 0) is 47.5 Å². The second-order valence-electron chi connectivity index (χ2n) is 7.51. The zero-order chi connectivity index (χ0) is 17.3. The van der Waals surface area contributed by atoms with Gasteiger partial charge in [0.1, 0.15) is 0 Å². The summed E-state index contributed by atoms with van der Waals surface area (Å²) in [5.41, 5.74) is 0.153. The number of alkyl halides is 2. The predicted octanol–water partition coefficient (Wildman–Crippen LogP) is 3.40. The maximum Gasteiger partial charge on any atom is 0.498 e. The summed E-state index contributed by atoms with van der Waals surface area (Å²) in [6, 6.07) is 0. The molecule has 1 saturated heterocycles. The van der Waals surface area contributed by atoms with E-state index in [1.165, 1.54) is 0 Å². The summed E-state index contributed by atoms with van der Waals surface area (Å²) in [6.07, 6.45) is 5.76. The second kappa shape index (κ2) is 6.51. The average molecular weight is 328 g/mol. The molecular weight excluding hydrogens is 301 g/mol. The van der Waals surface area contributed by atoms with E-state index in [1.807, 2.05) is 38.6 Å². The lowest BCUT2D eigenvalue weighted by Gasteiger charge is -2.32. The maximum atomic E-state index is 12.7. The fraction of sp³-hybridized carbons (Fsp3) is 0.812. The van der Waals surface area contributed by atoms with Gasteiger partial charge in [-0.15, -0.1) is 0 Å². The first-order chi connectivity index (χ1) is 10.5. The van der Waals surface area contributed by atoms with E-state index in [9.17, 15) is 8.78 Å². The second-order valence-corrected chi connectivity index (χ2v) is 7.51. The van der Waals surface area contributed by atoms with Crippen molar-refractivity contribution in [2.45, 2.75) is 84.0 Å². The molecule has 1 aliphatic rings. The molecule has 1 aromatic heterocycles. The Morgan fingerprint density at radius 1 is 1.13 bits per heavy atom. The fourth-order valence-corrected chi connectivity index (χ4v) is 2.49. The third kappa shape index (κ3) is 4.76. The van der Waals surface area contributed by atoms with Gasteiger partial charge in [0.05, 0.1) is 11.2 Å². The van der Waals surface area contributed by atoms with Crippen LogP contribution in [0.4, 0.5) is 8.78 Å². The van der Waals surface area contributed by atoms with Crippen LogP contribution in [0, 0.1) is 0 Å². The van der Waals surface area contributed by atoms with Crippen molar-refractivity contribution in [1.29, 1.82) is 0 Å². The van der Waals surface area contributed by atoms with Crippen LogP contribution < -0.4 is 5.46 Å². The van der Waals surface area contributed by atoms with Crippen molar-refractivity contribution in [2.24, 2.45) is 0 Å². The molecule has 7 heteroatoms. The molecule has 130 valence electrons. The van der Waals surface area contributed by atoms with Gasteiger partial charge in [0.15, 0.2) is 0 Å². The normalized spacial score (nSPS) is 20.2. The zero-order valence-electron chi connectivity index (χ0n) is 14.7. The van der Waals surface area contributed by atoms with Crippen molar-refractivity contribution in [3.8, 4) is 0 Å². The lowest BCUT2D eigenvalue weighted by molar-refractivity contribution is 0.00578. The molecule has 0 radical (unpaired) electrons. The van der Waals surface area contributed by atoms with Gasteiger partial charge in [-0.1, -0.05) is 6.42 Å². The first kappa shape index (κ1) is 18.4. The Balaban J connectivity index is 1.81. The number of rotatable bonds is 7. The highest BCUT2D eigenvalue weighted by atomic mass is 19.3. The van der Waals surface area contributed by atoms with Crippen molar-refractivity contribution >= 4 is 12.6 Å². The smallest absolute Gasteiger partial charge is 0.399 e. The highest BCUT2D eigenvalue weighted by Crippen LogP contribution is 2.36. The Bertz CT molecular complexity index is 510. The third-order valence-corrected chi connectivity index (χ3v) is 4.68. The van der Waals surface area contributed by atoms with Gasteiger partial charge in [0.25, 0.3) is 0 Å². The molecule has 0 bridgehead atoms. The third-order valence-electron chi connectivity index (χ3n) is 4.68. The monoisotopic (exact) mass is 328 g/mol. The molecule has 0 aliphatic carbocycles. The van der Waals surface area contributed by atoms with Crippen LogP contribution in [0.3, 0.4) is 0 Å². The van der Waals surface area contributed by atoms with Crippen molar-refractivity contribution < 1.29 is 18.1 Å². The molecule has 2 rings (SSSR count). The van der Waals surface area contributed by atoms with Crippen LogP contribution in [0.5, 0.6) is 0 Å². The Kier molecular flexibility index (Phi) is 5.21. The molecule has 0 amide bonds. The van der Waals surface area contributed by atoms with Gasteiger partial charge in [-0.2, -0.15) is 5.10 Å². The lowest BCUT2D eigenvalue weighted by atomic mass is 9.82. The Hall–Kier alpha value is -0.945. The first-order valence-electron chi connectivity index (χ1n) is 8.26. The summed E-state index contributed by atoms with van der Waals surface area (Å²) >= 11 is 0. The molecule has 0 atom stereocenters. The number of hydrogen-bond donors (Lipinski definition) is 0. The summed E-state index contributed by atoms with van der Waals surface area (Å²) < 4.78 is 39.3. The fourth-order valence-electron chi connectivity index (χ4n) is 2.49. The van der Waals surface area contributed by atoms with Crippen LogP contribution in [0.15, 0.2) is 12.4 Å². The molecule has 0 saturated carbocycles. The lowest BCUT2D eigenvalue weighted by Crippen LogP contribution is -2.41. The van der Waals surface area contributed by atoms with Gasteiger partial charge in [-0.3, -0.25) is 4.68 Å². The van der Waals surface area contributed by atoms with E-state index in [0.29, 0.717) is 6.42 Å². The van der Waals surface area contributed by atoms with Gasteiger partial charge in [0, 0.05) is 30.8 Å². The minimum absolute atomic E-state index is 0.0503. The number of hydrogen-bond acceptors (Lipinski definition) is 3. The number of nitrogens with zero attached hydrogens (tertiary/aromatic N) is 2. The van der Waals surface area contributed by atoms with E-state index < -0.39 is 13.0 Å². The Morgan fingerprint density at radius 2 is 1.74 bits per heavy atom. The summed E-state index contributed by atoms with van der Waals surface area (Å²) in [4.78, 5) is 0. The van der Waals surface area contributed by atoms with Crippen molar-refractivity contribution in [3.63, 3.8) is 0 Å². The minimum Gasteiger partial charge on any atom is -0.399 e. The molecule has 1 aromatic rings. The minimum atomic E-state index is -2.56. The SMILES string of the molecule is CC(F)(F)CCCCCn1cc(B2OC(C)(C)C(C)(C)O2)cn1. The van der Waals surface area contributed by atoms with Crippen molar-refractivity contribution in [1.82, 2.24) is 9.78 Å². The van der Waals surface area contributed by atoms with E-state index >= 15 is 0 Å². The van der Waals surface area contributed by atoms with Crippen molar-refractivity contribution in [3.05, 3.63) is 12.4 Å². The zero-order valence-corrected chi connectivity index (χ0v) is 14.7. The molecule has 1 aliphatic heterocycles. The molecular formula is C16H27BF2N2O2. The van der Waals surface area contributed by atoms with Gasteiger partial charge < -0.3 is 9.31 Å². The van der Waals surface area contributed by atoms with E-state index in [2.05, 4.69) is 5.10 Å². The van der Waals surface area contributed by atoms with E-state index in [-0.39, 0.29) is 17.6 Å². The van der Waals surface area contributed by atoms with Gasteiger partial charge >= 0.3 is 7.12 Å². The molecule has 23 heavy (non-hydrogen) atoms. The summed E-state index contributed by atoms with van der Waals surface area (Å²) in [7, 11) is -0.410. The van der Waals surface area contributed by atoms with E-state index in [4.69, 9.17) is 9.31 Å². The van der Waals surface area contributed by atoms with Crippen LogP contribution in [0.1, 0.15) is 60.3 Å². The Labute approximate surface area is 137 Å². The maximum absolute atomic E-state index is 12.7. The van der Waals surface area contributed by atoms with Crippen LogP contribution in [0.2, 0.25) is 0 Å². The summed E-state index contributed by atoms with van der Waals surface area (Å²) in [6.45, 7) is 9.75. The molecule has 0 unspecified atom stereocenters. The standard InChI is InChI=1S/C16H27BF2N2O2/c1-14(2)15(3,4)23-17(22-14)13-11-20-21(12-13)10-8-6-7-9-16(5,18)19/h11-12H,6-10H2,1-5H3. The highest BCUT2D eigenvalue weighted by molar-refractivity contribution is 6.61. The largest absolute Gasteiger partial charge is 0.498 e. The van der Waals surface area contributed by atoms with Crippen molar-refractivity contribution in [2.75, 3.05) is 0 Å². The number of halogens is 2. The molecule has 0 spiro atoms. The Morgan fingerprint density at radius 3 is 2.30 bits per heavy atom. The van der Waals surface area contributed by atoms with Gasteiger partial charge in [0.2, 0.25) is 5.92 Å².